The fourth-order valence-electron chi connectivity index (χ4n) is 1.19. The normalized spacial score (nSPS) is 29.1. The Morgan fingerprint density at radius 3 is 3.08 bits per heavy atom. The van der Waals surface area contributed by atoms with Crippen LogP contribution in [0.1, 0.15) is 12.8 Å². The Kier molecular flexibility index (Phi) is 3.78. The number of hydrogen-bond acceptors (Lipinski definition) is 5. The van der Waals surface area contributed by atoms with Crippen molar-refractivity contribution < 1.29 is 9.53 Å². The van der Waals surface area contributed by atoms with Crippen LogP contribution in [0.3, 0.4) is 0 Å². The number of methoxy groups -OCH3 is 1. The number of piperidine rings is 1. The molecule has 1 aliphatic heterocycles. The Balaban J connectivity index is 2.41. The van der Waals surface area contributed by atoms with Crippen LogP contribution < -0.4 is 11.1 Å². The van der Waals surface area contributed by atoms with Crippen molar-refractivity contribution in [1.82, 2.24) is 5.32 Å². The van der Waals surface area contributed by atoms with Gasteiger partial charge in [-0.25, -0.2) is 4.79 Å². The van der Waals surface area contributed by atoms with Gasteiger partial charge in [0.2, 0.25) is 0 Å². The minimum Gasteiger partial charge on any atom is -0.450 e. The number of ether oxygens (including phenoxy) is 1. The van der Waals surface area contributed by atoms with Crippen molar-refractivity contribution in [3.63, 3.8) is 0 Å². The summed E-state index contributed by atoms with van der Waals surface area (Å²) >= 11 is 0. The van der Waals surface area contributed by atoms with Crippen LogP contribution in [0, 0.1) is 0 Å². The molecule has 0 radical (unpaired) electrons. The monoisotopic (exact) mass is 186 g/mol. The SMILES string of the molecule is COC(=O)N=NC1CCCNC1N. The molecule has 1 amide bonds. The predicted molar refractivity (Wildman–Crippen MR) is 46.3 cm³/mol. The van der Waals surface area contributed by atoms with Gasteiger partial charge in [-0.1, -0.05) is 5.11 Å². The number of amides is 1. The molecular weight excluding hydrogens is 172 g/mol. The Morgan fingerprint density at radius 2 is 2.46 bits per heavy atom. The Bertz CT molecular complexity index is 207. The van der Waals surface area contributed by atoms with E-state index < -0.39 is 6.09 Å². The highest BCUT2D eigenvalue weighted by Gasteiger charge is 2.20. The lowest BCUT2D eigenvalue weighted by molar-refractivity contribution is 0.179. The molecule has 2 atom stereocenters. The average molecular weight is 186 g/mol. The molecule has 0 aromatic rings. The van der Waals surface area contributed by atoms with E-state index in [9.17, 15) is 4.79 Å². The lowest BCUT2D eigenvalue weighted by atomic mass is 10.1. The van der Waals surface area contributed by atoms with Crippen LogP contribution in [-0.4, -0.2) is 32.0 Å². The lowest BCUT2D eigenvalue weighted by Crippen LogP contribution is -2.50. The molecule has 0 aliphatic carbocycles. The van der Waals surface area contributed by atoms with Gasteiger partial charge in [0.05, 0.1) is 19.3 Å². The second-order valence-electron chi connectivity index (χ2n) is 2.87. The van der Waals surface area contributed by atoms with Gasteiger partial charge in [0.25, 0.3) is 0 Å². The van der Waals surface area contributed by atoms with Gasteiger partial charge in [0, 0.05) is 0 Å². The number of carbonyl (C=O) groups excluding carboxylic acids is 1. The Hall–Kier alpha value is -1.01. The molecule has 0 spiro atoms. The third-order valence-electron chi connectivity index (χ3n) is 1.93. The molecule has 1 saturated heterocycles. The number of azo groups is 1. The van der Waals surface area contributed by atoms with Gasteiger partial charge >= 0.3 is 6.09 Å². The van der Waals surface area contributed by atoms with Gasteiger partial charge in [-0.15, -0.1) is 0 Å². The van der Waals surface area contributed by atoms with E-state index in [0.29, 0.717) is 0 Å². The first kappa shape index (κ1) is 10.1. The fourth-order valence-corrected chi connectivity index (χ4v) is 1.19. The predicted octanol–water partition coefficient (Wildman–Crippen LogP) is 0.242. The molecule has 6 nitrogen and oxygen atoms in total. The van der Waals surface area contributed by atoms with Crippen molar-refractivity contribution in [2.45, 2.75) is 25.0 Å². The lowest BCUT2D eigenvalue weighted by Gasteiger charge is -2.25. The number of hydrogen-bond donors (Lipinski definition) is 2. The number of nitrogens with zero attached hydrogens (tertiary/aromatic N) is 2. The average Bonchev–Trinajstić information content (AvgIpc) is 2.16. The summed E-state index contributed by atoms with van der Waals surface area (Å²) < 4.78 is 4.32. The van der Waals surface area contributed by atoms with Gasteiger partial charge in [0.15, 0.2) is 0 Å². The van der Waals surface area contributed by atoms with Crippen LogP contribution in [0.4, 0.5) is 4.79 Å². The van der Waals surface area contributed by atoms with Crippen molar-refractivity contribution in [3.8, 4) is 0 Å². The van der Waals surface area contributed by atoms with E-state index in [1.54, 1.807) is 0 Å². The molecule has 1 aliphatic rings. The number of carbonyl (C=O) groups is 1. The molecule has 0 bridgehead atoms. The highest BCUT2D eigenvalue weighted by molar-refractivity contribution is 5.67. The van der Waals surface area contributed by atoms with Gasteiger partial charge in [-0.3, -0.25) is 0 Å². The molecular formula is C7H14N4O2. The molecule has 13 heavy (non-hydrogen) atoms. The van der Waals surface area contributed by atoms with Gasteiger partial charge in [-0.2, -0.15) is 5.11 Å². The smallest absolute Gasteiger partial charge is 0.450 e. The minimum atomic E-state index is -0.683. The molecule has 2 unspecified atom stereocenters. The van der Waals surface area contributed by atoms with E-state index >= 15 is 0 Å². The van der Waals surface area contributed by atoms with Crippen LogP contribution in [0.2, 0.25) is 0 Å². The molecule has 1 rings (SSSR count). The fraction of sp³-hybridized carbons (Fsp3) is 0.857. The Labute approximate surface area is 76.5 Å². The molecule has 74 valence electrons. The van der Waals surface area contributed by atoms with Gasteiger partial charge in [0.1, 0.15) is 0 Å². The van der Waals surface area contributed by atoms with E-state index in [4.69, 9.17) is 5.73 Å². The summed E-state index contributed by atoms with van der Waals surface area (Å²) in [6, 6.07) is -0.118. The standard InChI is InChI=1S/C7H14N4O2/c1-13-7(12)11-10-5-3-2-4-9-6(5)8/h5-6,9H,2-4,8H2,1H3. The Morgan fingerprint density at radius 1 is 1.69 bits per heavy atom. The molecule has 0 aromatic carbocycles. The minimum absolute atomic E-state index is 0.118. The zero-order chi connectivity index (χ0) is 9.68. The van der Waals surface area contributed by atoms with E-state index in [1.807, 2.05) is 0 Å². The van der Waals surface area contributed by atoms with Crippen molar-refractivity contribution in [1.29, 1.82) is 0 Å². The van der Waals surface area contributed by atoms with Crippen LogP contribution in [0.5, 0.6) is 0 Å². The number of nitrogens with one attached hydrogen (secondary N) is 1. The van der Waals surface area contributed by atoms with Crippen molar-refractivity contribution in [2.75, 3.05) is 13.7 Å². The first-order valence-corrected chi connectivity index (χ1v) is 4.22. The zero-order valence-electron chi connectivity index (χ0n) is 7.56. The highest BCUT2D eigenvalue weighted by Crippen LogP contribution is 2.09. The summed E-state index contributed by atoms with van der Waals surface area (Å²) in [5.41, 5.74) is 5.69. The van der Waals surface area contributed by atoms with Crippen LogP contribution in [0.15, 0.2) is 10.2 Å². The maximum atomic E-state index is 10.6. The van der Waals surface area contributed by atoms with Crippen LogP contribution in [-0.2, 0) is 4.74 Å². The summed E-state index contributed by atoms with van der Waals surface area (Å²) in [5, 5.41) is 10.2. The van der Waals surface area contributed by atoms with Gasteiger partial charge in [-0.05, 0) is 19.4 Å². The molecule has 3 N–H and O–H groups in total. The van der Waals surface area contributed by atoms with Gasteiger partial charge < -0.3 is 15.8 Å². The van der Waals surface area contributed by atoms with Crippen molar-refractivity contribution >= 4 is 6.09 Å². The molecule has 0 aromatic heterocycles. The molecule has 6 heteroatoms. The third-order valence-corrected chi connectivity index (χ3v) is 1.93. The second-order valence-corrected chi connectivity index (χ2v) is 2.87. The van der Waals surface area contributed by atoms with Crippen molar-refractivity contribution in [3.05, 3.63) is 0 Å². The number of nitrogens with two attached hydrogens (primary N) is 1. The zero-order valence-corrected chi connectivity index (χ0v) is 7.56. The summed E-state index contributed by atoms with van der Waals surface area (Å²) in [6.45, 7) is 0.894. The van der Waals surface area contributed by atoms with Crippen molar-refractivity contribution in [2.24, 2.45) is 16.0 Å². The summed E-state index contributed by atoms with van der Waals surface area (Å²) in [5.74, 6) is 0. The first-order chi connectivity index (χ1) is 6.24. The van der Waals surface area contributed by atoms with E-state index in [-0.39, 0.29) is 12.2 Å². The molecule has 1 fully saturated rings. The summed E-state index contributed by atoms with van der Waals surface area (Å²) in [6.07, 6.45) is 0.965. The number of rotatable bonds is 1. The van der Waals surface area contributed by atoms with E-state index in [2.05, 4.69) is 20.3 Å². The topological polar surface area (TPSA) is 89.1 Å². The highest BCUT2D eigenvalue weighted by atomic mass is 16.5. The summed E-state index contributed by atoms with van der Waals surface area (Å²) in [7, 11) is 1.26. The molecule has 0 saturated carbocycles. The summed E-state index contributed by atoms with van der Waals surface area (Å²) in [4.78, 5) is 10.6. The second kappa shape index (κ2) is 4.88. The quantitative estimate of drug-likeness (QED) is 0.574. The van der Waals surface area contributed by atoms with Crippen LogP contribution in [0.25, 0.3) is 0 Å². The maximum Gasteiger partial charge on any atom is 0.451 e. The van der Waals surface area contributed by atoms with Crippen LogP contribution >= 0.6 is 0 Å². The van der Waals surface area contributed by atoms with E-state index in [0.717, 1.165) is 19.4 Å². The first-order valence-electron chi connectivity index (χ1n) is 4.22. The third kappa shape index (κ3) is 3.08. The van der Waals surface area contributed by atoms with E-state index in [1.165, 1.54) is 7.11 Å². The molecule has 1 heterocycles. The maximum absolute atomic E-state index is 10.6. The largest absolute Gasteiger partial charge is 0.451 e.